The van der Waals surface area contributed by atoms with Crippen LogP contribution in [0.1, 0.15) is 18.5 Å². The summed E-state index contributed by atoms with van der Waals surface area (Å²) in [5.74, 6) is 0. The van der Waals surface area contributed by atoms with E-state index in [1.54, 1.807) is 4.80 Å². The molecule has 5 heteroatoms. The van der Waals surface area contributed by atoms with Crippen LogP contribution in [0.25, 0.3) is 16.7 Å². The van der Waals surface area contributed by atoms with E-state index in [0.717, 1.165) is 28.0 Å². The first kappa shape index (κ1) is 13.6. The van der Waals surface area contributed by atoms with E-state index in [-0.39, 0.29) is 6.04 Å². The second kappa shape index (κ2) is 5.18. The van der Waals surface area contributed by atoms with Gasteiger partial charge in [0.1, 0.15) is 11.0 Å². The molecule has 2 aromatic carbocycles. The van der Waals surface area contributed by atoms with Gasteiger partial charge >= 0.3 is 0 Å². The fourth-order valence-corrected chi connectivity index (χ4v) is 2.13. The predicted octanol–water partition coefficient (Wildman–Crippen LogP) is 2.31. The van der Waals surface area contributed by atoms with E-state index < -0.39 is 0 Å². The van der Waals surface area contributed by atoms with E-state index in [1.807, 2.05) is 62.3 Å². The SMILES string of the molecule is C[C@H](N)c1ccc(-n2nc3[c]c(N(C)C)ccc3n2)cc1. The number of nitrogens with two attached hydrogens (primary N) is 1. The molecule has 0 aliphatic carbocycles. The van der Waals surface area contributed by atoms with Gasteiger partial charge in [-0.2, -0.15) is 4.80 Å². The topological polar surface area (TPSA) is 60.0 Å². The number of aromatic nitrogens is 3. The van der Waals surface area contributed by atoms with Gasteiger partial charge in [-0.3, -0.25) is 0 Å². The molecule has 1 heterocycles. The summed E-state index contributed by atoms with van der Waals surface area (Å²) < 4.78 is 0. The highest BCUT2D eigenvalue weighted by Crippen LogP contribution is 2.19. The summed E-state index contributed by atoms with van der Waals surface area (Å²) >= 11 is 0. The van der Waals surface area contributed by atoms with Crippen molar-refractivity contribution in [1.82, 2.24) is 15.0 Å². The molecule has 1 radical (unpaired) electrons. The van der Waals surface area contributed by atoms with Crippen molar-refractivity contribution >= 4 is 16.7 Å². The van der Waals surface area contributed by atoms with Crippen LogP contribution in [0.4, 0.5) is 5.69 Å². The molecule has 21 heavy (non-hydrogen) atoms. The van der Waals surface area contributed by atoms with Crippen LogP contribution < -0.4 is 10.6 Å². The molecule has 0 fully saturated rings. The zero-order chi connectivity index (χ0) is 15.0. The lowest BCUT2D eigenvalue weighted by atomic mass is 10.1. The van der Waals surface area contributed by atoms with Crippen LogP contribution in [-0.2, 0) is 0 Å². The van der Waals surface area contributed by atoms with Crippen molar-refractivity contribution in [1.29, 1.82) is 0 Å². The second-order valence-electron chi connectivity index (χ2n) is 5.34. The lowest BCUT2D eigenvalue weighted by Crippen LogP contribution is -2.08. The van der Waals surface area contributed by atoms with Crippen molar-refractivity contribution in [3.05, 3.63) is 48.0 Å². The fraction of sp³-hybridized carbons (Fsp3) is 0.250. The lowest BCUT2D eigenvalue weighted by Gasteiger charge is -2.10. The van der Waals surface area contributed by atoms with Crippen molar-refractivity contribution in [2.45, 2.75) is 13.0 Å². The molecule has 3 rings (SSSR count). The van der Waals surface area contributed by atoms with Gasteiger partial charge in [-0.05, 0) is 36.8 Å². The first-order valence-electron chi connectivity index (χ1n) is 6.87. The van der Waals surface area contributed by atoms with Gasteiger partial charge in [-0.25, -0.2) is 0 Å². The maximum atomic E-state index is 5.86. The molecule has 0 aliphatic heterocycles. The molecule has 107 valence electrons. The van der Waals surface area contributed by atoms with E-state index in [0.29, 0.717) is 0 Å². The molecule has 0 bridgehead atoms. The monoisotopic (exact) mass is 280 g/mol. The molecule has 1 aromatic heterocycles. The zero-order valence-corrected chi connectivity index (χ0v) is 12.4. The van der Waals surface area contributed by atoms with E-state index >= 15 is 0 Å². The maximum Gasteiger partial charge on any atom is 0.123 e. The van der Waals surface area contributed by atoms with Gasteiger partial charge in [0, 0.05) is 31.9 Å². The summed E-state index contributed by atoms with van der Waals surface area (Å²) in [6, 6.07) is 15.2. The van der Waals surface area contributed by atoms with Crippen molar-refractivity contribution in [3.8, 4) is 5.69 Å². The summed E-state index contributed by atoms with van der Waals surface area (Å²) in [6.07, 6.45) is 0. The third kappa shape index (κ3) is 2.60. The number of nitrogens with zero attached hydrogens (tertiary/aromatic N) is 4. The summed E-state index contributed by atoms with van der Waals surface area (Å²) in [5.41, 5.74) is 10.4. The van der Waals surface area contributed by atoms with E-state index in [1.165, 1.54) is 0 Å². The highest BCUT2D eigenvalue weighted by molar-refractivity contribution is 5.77. The second-order valence-corrected chi connectivity index (χ2v) is 5.34. The Bertz CT molecular complexity index is 756. The molecule has 5 nitrogen and oxygen atoms in total. The average molecular weight is 280 g/mol. The van der Waals surface area contributed by atoms with E-state index in [2.05, 4.69) is 16.3 Å². The van der Waals surface area contributed by atoms with Crippen molar-refractivity contribution in [2.24, 2.45) is 5.73 Å². The van der Waals surface area contributed by atoms with Crippen LogP contribution in [0, 0.1) is 6.07 Å². The summed E-state index contributed by atoms with van der Waals surface area (Å²) in [5, 5.41) is 8.98. The van der Waals surface area contributed by atoms with Crippen LogP contribution in [-0.4, -0.2) is 29.1 Å². The number of rotatable bonds is 3. The number of anilines is 1. The van der Waals surface area contributed by atoms with Gasteiger partial charge in [0.05, 0.1) is 5.69 Å². The molecule has 0 spiro atoms. The standard InChI is InChI=1S/C16H18N5/c1-11(17)12-4-6-13(7-5-12)21-18-15-9-8-14(20(2)3)10-16(15)19-21/h4-9,11H,17H2,1-3H3/t11-/m0/s1. The first-order valence-corrected chi connectivity index (χ1v) is 6.87. The third-order valence-electron chi connectivity index (χ3n) is 3.42. The molecule has 0 amide bonds. The number of hydrogen-bond donors (Lipinski definition) is 1. The molecular weight excluding hydrogens is 262 g/mol. The molecule has 0 aliphatic rings. The van der Waals surface area contributed by atoms with Crippen molar-refractivity contribution in [3.63, 3.8) is 0 Å². The summed E-state index contributed by atoms with van der Waals surface area (Å²) in [4.78, 5) is 3.63. The largest absolute Gasteiger partial charge is 0.377 e. The minimum absolute atomic E-state index is 0.0275. The Kier molecular flexibility index (Phi) is 3.35. The summed E-state index contributed by atoms with van der Waals surface area (Å²) in [7, 11) is 3.96. The Morgan fingerprint density at radius 2 is 1.81 bits per heavy atom. The van der Waals surface area contributed by atoms with E-state index in [4.69, 9.17) is 5.73 Å². The summed E-state index contributed by atoms with van der Waals surface area (Å²) in [6.45, 7) is 1.97. The zero-order valence-electron chi connectivity index (χ0n) is 12.4. The third-order valence-corrected chi connectivity index (χ3v) is 3.42. The van der Waals surface area contributed by atoms with Crippen molar-refractivity contribution in [2.75, 3.05) is 19.0 Å². The fourth-order valence-electron chi connectivity index (χ4n) is 2.13. The van der Waals surface area contributed by atoms with Crippen LogP contribution in [0.5, 0.6) is 0 Å². The minimum atomic E-state index is 0.0275. The van der Waals surface area contributed by atoms with Crippen LogP contribution in [0.3, 0.4) is 0 Å². The van der Waals surface area contributed by atoms with Crippen LogP contribution in [0.15, 0.2) is 36.4 Å². The van der Waals surface area contributed by atoms with Gasteiger partial charge < -0.3 is 10.6 Å². The number of benzene rings is 2. The van der Waals surface area contributed by atoms with Crippen LogP contribution >= 0.6 is 0 Å². The van der Waals surface area contributed by atoms with Gasteiger partial charge in [0.25, 0.3) is 0 Å². The Balaban J connectivity index is 2.00. The number of hydrogen-bond acceptors (Lipinski definition) is 4. The van der Waals surface area contributed by atoms with Crippen molar-refractivity contribution < 1.29 is 0 Å². The number of fused-ring (bicyclic) bond motifs is 1. The average Bonchev–Trinajstić information content (AvgIpc) is 2.90. The Morgan fingerprint density at radius 1 is 1.10 bits per heavy atom. The van der Waals surface area contributed by atoms with Crippen LogP contribution in [0.2, 0.25) is 0 Å². The van der Waals surface area contributed by atoms with E-state index in [9.17, 15) is 0 Å². The Morgan fingerprint density at radius 3 is 2.43 bits per heavy atom. The Hall–Kier alpha value is -2.40. The molecule has 3 aromatic rings. The highest BCUT2D eigenvalue weighted by atomic mass is 15.5. The molecule has 0 unspecified atom stereocenters. The molecule has 0 saturated carbocycles. The van der Waals surface area contributed by atoms with Gasteiger partial charge in [0.2, 0.25) is 0 Å². The first-order chi connectivity index (χ1) is 10.0. The predicted molar refractivity (Wildman–Crippen MR) is 84.6 cm³/mol. The quantitative estimate of drug-likeness (QED) is 0.799. The minimum Gasteiger partial charge on any atom is -0.377 e. The Labute approximate surface area is 124 Å². The molecule has 2 N–H and O–H groups in total. The molecule has 0 saturated heterocycles. The lowest BCUT2D eigenvalue weighted by molar-refractivity contribution is 0.761. The normalized spacial score (nSPS) is 12.6. The molecular formula is C16H18N5. The highest BCUT2D eigenvalue weighted by Gasteiger charge is 2.07. The van der Waals surface area contributed by atoms with Gasteiger partial charge in [-0.15, -0.1) is 10.2 Å². The van der Waals surface area contributed by atoms with Gasteiger partial charge in [0.15, 0.2) is 0 Å². The smallest absolute Gasteiger partial charge is 0.123 e. The van der Waals surface area contributed by atoms with Gasteiger partial charge in [-0.1, -0.05) is 12.1 Å². The molecule has 1 atom stereocenters. The maximum absolute atomic E-state index is 5.86.